The van der Waals surface area contributed by atoms with Gasteiger partial charge in [0, 0.05) is 11.4 Å². The van der Waals surface area contributed by atoms with Gasteiger partial charge in [-0.15, -0.1) is 0 Å². The number of rotatable bonds is 6. The van der Waals surface area contributed by atoms with Crippen LogP contribution in [0, 0.1) is 11.3 Å². The predicted molar refractivity (Wildman–Crippen MR) is 73.4 cm³/mol. The monoisotopic (exact) mass is 313 g/mol. The van der Waals surface area contributed by atoms with Gasteiger partial charge in [0.05, 0.1) is 5.75 Å². The third-order valence-electron chi connectivity index (χ3n) is 2.34. The normalized spacial score (nSPS) is 15.4. The molecule has 0 amide bonds. The molecule has 0 saturated carbocycles. The Morgan fingerprint density at radius 1 is 1.25 bits per heavy atom. The third kappa shape index (κ3) is 8.53. The van der Waals surface area contributed by atoms with E-state index in [1.165, 1.54) is 0 Å². The van der Waals surface area contributed by atoms with E-state index in [9.17, 15) is 8.42 Å². The molecule has 0 aromatic rings. The number of hydrogen-bond acceptors (Lipinski definition) is 2. The van der Waals surface area contributed by atoms with E-state index in [0.29, 0.717) is 18.9 Å². The summed E-state index contributed by atoms with van der Waals surface area (Å²) in [6, 6.07) is 0. The second-order valence-electron chi connectivity index (χ2n) is 5.74. The Hall–Kier alpha value is 0.390. The van der Waals surface area contributed by atoms with Crippen molar-refractivity contribution in [2.75, 3.05) is 12.3 Å². The van der Waals surface area contributed by atoms with E-state index in [1.54, 1.807) is 0 Å². The summed E-state index contributed by atoms with van der Waals surface area (Å²) in [4.78, 5) is 0.192. The van der Waals surface area contributed by atoms with E-state index in [2.05, 4.69) is 34.5 Å². The molecule has 0 aromatic heterocycles. The molecule has 0 saturated heterocycles. The maximum atomic E-state index is 11.7. The lowest BCUT2D eigenvalue weighted by Crippen LogP contribution is -2.34. The van der Waals surface area contributed by atoms with E-state index in [4.69, 9.17) is 0 Å². The minimum absolute atomic E-state index is 0.0562. The van der Waals surface area contributed by atoms with Crippen molar-refractivity contribution in [3.63, 3.8) is 0 Å². The number of halogens is 1. The average molecular weight is 314 g/mol. The Morgan fingerprint density at radius 2 is 1.75 bits per heavy atom. The van der Waals surface area contributed by atoms with Crippen LogP contribution in [0.1, 0.15) is 41.0 Å². The minimum Gasteiger partial charge on any atom is -0.214 e. The van der Waals surface area contributed by atoms with Gasteiger partial charge in [0.2, 0.25) is 10.0 Å². The van der Waals surface area contributed by atoms with E-state index < -0.39 is 10.0 Å². The lowest BCUT2D eigenvalue weighted by atomic mass is 9.94. The molecule has 1 unspecified atom stereocenters. The van der Waals surface area contributed by atoms with Crippen LogP contribution >= 0.6 is 15.9 Å². The van der Waals surface area contributed by atoms with Crippen molar-refractivity contribution in [2.24, 2.45) is 11.3 Å². The van der Waals surface area contributed by atoms with Gasteiger partial charge in [0.1, 0.15) is 0 Å². The average Bonchev–Trinajstić information content (AvgIpc) is 2.10. The maximum absolute atomic E-state index is 11.7. The second kappa shape index (κ2) is 6.36. The molecule has 0 rings (SSSR count). The van der Waals surface area contributed by atoms with Crippen LogP contribution in [-0.2, 0) is 10.0 Å². The molecule has 16 heavy (non-hydrogen) atoms. The smallest absolute Gasteiger partial charge is 0.211 e. The molecule has 0 aliphatic rings. The number of sulfonamides is 1. The largest absolute Gasteiger partial charge is 0.214 e. The molecule has 0 bridgehead atoms. The molecule has 1 N–H and O–H groups in total. The molecule has 0 heterocycles. The van der Waals surface area contributed by atoms with Gasteiger partial charge in [-0.1, -0.05) is 50.5 Å². The predicted octanol–water partition coefficient (Wildman–Crippen LogP) is 2.76. The minimum atomic E-state index is -3.12. The highest BCUT2D eigenvalue weighted by atomic mass is 79.9. The molecule has 0 aromatic carbocycles. The molecule has 0 aliphatic heterocycles. The number of nitrogens with one attached hydrogen (secondary N) is 1. The first-order chi connectivity index (χ1) is 7.03. The van der Waals surface area contributed by atoms with E-state index in [0.717, 1.165) is 0 Å². The summed E-state index contributed by atoms with van der Waals surface area (Å²) in [5, 5.41) is 0. The Balaban J connectivity index is 4.07. The summed E-state index contributed by atoms with van der Waals surface area (Å²) in [6.45, 7) is 10.7. The van der Waals surface area contributed by atoms with Gasteiger partial charge < -0.3 is 0 Å². The van der Waals surface area contributed by atoms with Gasteiger partial charge in [0.15, 0.2) is 0 Å². The summed E-state index contributed by atoms with van der Waals surface area (Å²) in [6.07, 6.45) is 0.678. The molecule has 1 atom stereocenters. The topological polar surface area (TPSA) is 46.2 Å². The maximum Gasteiger partial charge on any atom is 0.211 e. The highest BCUT2D eigenvalue weighted by Crippen LogP contribution is 2.19. The van der Waals surface area contributed by atoms with Crippen LogP contribution in [0.2, 0.25) is 0 Å². The third-order valence-corrected chi connectivity index (χ3v) is 5.07. The molecular formula is C11H24BrNO2S. The molecule has 0 fully saturated rings. The van der Waals surface area contributed by atoms with E-state index in [-0.39, 0.29) is 16.0 Å². The van der Waals surface area contributed by atoms with Crippen molar-refractivity contribution < 1.29 is 8.42 Å². The zero-order valence-electron chi connectivity index (χ0n) is 10.9. The van der Waals surface area contributed by atoms with Gasteiger partial charge >= 0.3 is 0 Å². The van der Waals surface area contributed by atoms with Crippen LogP contribution in [0.15, 0.2) is 0 Å². The summed E-state index contributed by atoms with van der Waals surface area (Å²) in [5.74, 6) is 0.624. The molecule has 0 radical (unpaired) electrons. The Kier molecular flexibility index (Phi) is 6.51. The lowest BCUT2D eigenvalue weighted by molar-refractivity contribution is 0.396. The SMILES string of the molecule is CC(C)C(Br)CNS(=O)(=O)CCC(C)(C)C. The van der Waals surface area contributed by atoms with E-state index >= 15 is 0 Å². The van der Waals surface area contributed by atoms with Crippen molar-refractivity contribution in [2.45, 2.75) is 45.9 Å². The Labute approximate surface area is 109 Å². The van der Waals surface area contributed by atoms with Gasteiger partial charge in [-0.05, 0) is 17.8 Å². The summed E-state index contributed by atoms with van der Waals surface area (Å²) >= 11 is 3.46. The molecule has 3 nitrogen and oxygen atoms in total. The quantitative estimate of drug-likeness (QED) is 0.766. The molecule has 0 aliphatic carbocycles. The fraction of sp³-hybridized carbons (Fsp3) is 1.00. The summed E-state index contributed by atoms with van der Waals surface area (Å²) in [5.41, 5.74) is 0.0562. The molecular weight excluding hydrogens is 290 g/mol. The second-order valence-corrected chi connectivity index (χ2v) is 8.84. The zero-order valence-corrected chi connectivity index (χ0v) is 13.3. The zero-order chi connectivity index (χ0) is 13.0. The summed E-state index contributed by atoms with van der Waals surface area (Å²) in [7, 11) is -3.12. The van der Waals surface area contributed by atoms with Crippen LogP contribution in [0.3, 0.4) is 0 Å². The van der Waals surface area contributed by atoms with Crippen LogP contribution in [-0.4, -0.2) is 25.5 Å². The fourth-order valence-electron chi connectivity index (χ4n) is 0.955. The first kappa shape index (κ1) is 16.4. The van der Waals surface area contributed by atoms with Crippen LogP contribution in [0.25, 0.3) is 0 Å². The highest BCUT2D eigenvalue weighted by Gasteiger charge is 2.18. The fourth-order valence-corrected chi connectivity index (χ4v) is 2.79. The van der Waals surface area contributed by atoms with Crippen molar-refractivity contribution in [1.82, 2.24) is 4.72 Å². The first-order valence-electron chi connectivity index (χ1n) is 5.65. The van der Waals surface area contributed by atoms with Gasteiger partial charge in [-0.3, -0.25) is 0 Å². The van der Waals surface area contributed by atoms with Crippen LogP contribution in [0.4, 0.5) is 0 Å². The molecule has 5 heteroatoms. The summed E-state index contributed by atoms with van der Waals surface area (Å²) < 4.78 is 26.0. The molecule has 98 valence electrons. The Morgan fingerprint density at radius 3 is 2.12 bits per heavy atom. The van der Waals surface area contributed by atoms with Crippen molar-refractivity contribution in [3.05, 3.63) is 0 Å². The van der Waals surface area contributed by atoms with E-state index in [1.807, 2.05) is 20.8 Å². The standard InChI is InChI=1S/C11H24BrNO2S/c1-9(2)10(12)8-13-16(14,15)7-6-11(3,4)5/h9-10,13H,6-8H2,1-5H3. The van der Waals surface area contributed by atoms with Crippen molar-refractivity contribution in [3.8, 4) is 0 Å². The van der Waals surface area contributed by atoms with Gasteiger partial charge in [-0.25, -0.2) is 13.1 Å². The highest BCUT2D eigenvalue weighted by molar-refractivity contribution is 9.09. The number of hydrogen-bond donors (Lipinski definition) is 1. The number of alkyl halides is 1. The first-order valence-corrected chi connectivity index (χ1v) is 8.22. The Bertz CT molecular complexity index is 294. The molecule has 0 spiro atoms. The van der Waals surface area contributed by atoms with Crippen LogP contribution < -0.4 is 4.72 Å². The van der Waals surface area contributed by atoms with Crippen molar-refractivity contribution in [1.29, 1.82) is 0 Å². The van der Waals surface area contributed by atoms with Gasteiger partial charge in [-0.2, -0.15) is 0 Å². The van der Waals surface area contributed by atoms with Gasteiger partial charge in [0.25, 0.3) is 0 Å². The van der Waals surface area contributed by atoms with Crippen LogP contribution in [0.5, 0.6) is 0 Å². The lowest BCUT2D eigenvalue weighted by Gasteiger charge is -2.19. The van der Waals surface area contributed by atoms with Crippen molar-refractivity contribution >= 4 is 26.0 Å².